The van der Waals surface area contributed by atoms with Crippen molar-refractivity contribution < 1.29 is 14.3 Å². The number of ether oxygens (including phenoxy) is 1. The Morgan fingerprint density at radius 3 is 2.11 bits per heavy atom. The van der Waals surface area contributed by atoms with E-state index in [2.05, 4.69) is 5.32 Å². The summed E-state index contributed by atoms with van der Waals surface area (Å²) in [5, 5.41) is 2.74. The quantitative estimate of drug-likeness (QED) is 0.832. The molecule has 1 N–H and O–H groups in total. The van der Waals surface area contributed by atoms with Crippen molar-refractivity contribution in [3.8, 4) is 0 Å². The van der Waals surface area contributed by atoms with Gasteiger partial charge in [0.1, 0.15) is 5.70 Å². The van der Waals surface area contributed by atoms with E-state index in [1.165, 1.54) is 6.08 Å². The summed E-state index contributed by atoms with van der Waals surface area (Å²) in [6.07, 6.45) is 4.85. The molecule has 0 radical (unpaired) electrons. The third-order valence-corrected chi connectivity index (χ3v) is 4.12. The second-order valence-electron chi connectivity index (χ2n) is 6.11. The molecule has 0 spiro atoms. The highest BCUT2D eigenvalue weighted by Gasteiger charge is 2.21. The molecule has 1 fully saturated rings. The molecule has 0 atom stereocenters. The fourth-order valence-corrected chi connectivity index (χ4v) is 2.71. The molecular formula is C22H22N2O3. The van der Waals surface area contributed by atoms with Crippen LogP contribution in [0.25, 0.3) is 12.2 Å². The van der Waals surface area contributed by atoms with Crippen LogP contribution in [0.4, 0.5) is 0 Å². The zero-order chi connectivity index (χ0) is 18.9. The lowest BCUT2D eigenvalue weighted by atomic mass is 10.1. The number of nitrogens with one attached hydrogen (secondary N) is 1. The largest absolute Gasteiger partial charge is 0.378 e. The van der Waals surface area contributed by atoms with Crippen LogP contribution in [0.5, 0.6) is 0 Å². The maximum atomic E-state index is 12.9. The average Bonchev–Trinajstić information content (AvgIpc) is 2.73. The van der Waals surface area contributed by atoms with Gasteiger partial charge in [-0.2, -0.15) is 0 Å². The predicted octanol–water partition coefficient (Wildman–Crippen LogP) is 2.72. The molecule has 0 saturated carbocycles. The Bertz CT molecular complexity index is 823. The molecule has 0 bridgehead atoms. The van der Waals surface area contributed by atoms with Crippen LogP contribution < -0.4 is 5.32 Å². The Kier molecular flexibility index (Phi) is 6.55. The van der Waals surface area contributed by atoms with Crippen LogP contribution in [-0.4, -0.2) is 43.0 Å². The standard InChI is InChI=1S/C22H22N2O3/c25-21(12-11-18-7-3-1-4-8-18)23-20(17-19-9-5-2-6-10-19)22(26)24-13-15-27-16-14-24/h1-12,17H,13-16H2,(H,23,25). The van der Waals surface area contributed by atoms with Crippen molar-refractivity contribution in [1.29, 1.82) is 0 Å². The highest BCUT2D eigenvalue weighted by atomic mass is 16.5. The first-order chi connectivity index (χ1) is 13.2. The summed E-state index contributed by atoms with van der Waals surface area (Å²) in [7, 11) is 0. The van der Waals surface area contributed by atoms with E-state index in [0.29, 0.717) is 26.3 Å². The number of nitrogens with zero attached hydrogens (tertiary/aromatic N) is 1. The molecule has 138 valence electrons. The van der Waals surface area contributed by atoms with Crippen LogP contribution in [-0.2, 0) is 14.3 Å². The number of amides is 2. The molecule has 1 aliphatic heterocycles. The van der Waals surface area contributed by atoms with Crippen molar-refractivity contribution in [3.05, 3.63) is 83.6 Å². The highest BCUT2D eigenvalue weighted by molar-refractivity contribution is 6.04. The monoisotopic (exact) mass is 362 g/mol. The maximum absolute atomic E-state index is 12.9. The molecule has 0 aromatic heterocycles. The summed E-state index contributed by atoms with van der Waals surface area (Å²) in [6, 6.07) is 19.0. The molecular weight excluding hydrogens is 340 g/mol. The zero-order valence-electron chi connectivity index (χ0n) is 15.0. The first kappa shape index (κ1) is 18.6. The second kappa shape index (κ2) is 9.50. The third kappa shape index (κ3) is 5.66. The Hall–Kier alpha value is -3.18. The van der Waals surface area contributed by atoms with Gasteiger partial charge < -0.3 is 15.0 Å². The van der Waals surface area contributed by atoms with Gasteiger partial charge in [0.15, 0.2) is 0 Å². The van der Waals surface area contributed by atoms with Crippen molar-refractivity contribution in [2.24, 2.45) is 0 Å². The minimum absolute atomic E-state index is 0.205. The van der Waals surface area contributed by atoms with Gasteiger partial charge in [0, 0.05) is 19.2 Å². The first-order valence-corrected chi connectivity index (χ1v) is 8.90. The highest BCUT2D eigenvalue weighted by Crippen LogP contribution is 2.10. The smallest absolute Gasteiger partial charge is 0.270 e. The van der Waals surface area contributed by atoms with Crippen LogP contribution in [0, 0.1) is 0 Å². The summed E-state index contributed by atoms with van der Waals surface area (Å²) in [5.74, 6) is -0.550. The van der Waals surface area contributed by atoms with Gasteiger partial charge in [-0.05, 0) is 23.3 Å². The Labute approximate surface area is 158 Å². The number of carbonyl (C=O) groups is 2. The molecule has 5 nitrogen and oxygen atoms in total. The van der Waals surface area contributed by atoms with Crippen LogP contribution in [0.3, 0.4) is 0 Å². The van der Waals surface area contributed by atoms with Gasteiger partial charge in [0.05, 0.1) is 13.2 Å². The molecule has 3 rings (SSSR count). The maximum Gasteiger partial charge on any atom is 0.270 e. The number of morpholine rings is 1. The van der Waals surface area contributed by atoms with Crippen LogP contribution in [0.1, 0.15) is 11.1 Å². The van der Waals surface area contributed by atoms with Crippen molar-refractivity contribution in [2.45, 2.75) is 0 Å². The number of benzene rings is 2. The first-order valence-electron chi connectivity index (χ1n) is 8.90. The van der Waals surface area contributed by atoms with Crippen LogP contribution >= 0.6 is 0 Å². The summed E-state index contributed by atoms with van der Waals surface area (Å²) in [6.45, 7) is 2.04. The average molecular weight is 362 g/mol. The molecule has 2 amide bonds. The fourth-order valence-electron chi connectivity index (χ4n) is 2.71. The lowest BCUT2D eigenvalue weighted by Crippen LogP contribution is -2.44. The zero-order valence-corrected chi connectivity index (χ0v) is 15.0. The third-order valence-electron chi connectivity index (χ3n) is 4.12. The molecule has 1 heterocycles. The lowest BCUT2D eigenvalue weighted by molar-refractivity contribution is -0.132. The van der Waals surface area contributed by atoms with Crippen molar-refractivity contribution in [1.82, 2.24) is 10.2 Å². The second-order valence-corrected chi connectivity index (χ2v) is 6.11. The summed E-state index contributed by atoms with van der Waals surface area (Å²) in [4.78, 5) is 26.9. The van der Waals surface area contributed by atoms with Crippen LogP contribution in [0.2, 0.25) is 0 Å². The number of hydrogen-bond acceptors (Lipinski definition) is 3. The van der Waals surface area contributed by atoms with Gasteiger partial charge >= 0.3 is 0 Å². The molecule has 2 aromatic rings. The van der Waals surface area contributed by atoms with Gasteiger partial charge in [-0.1, -0.05) is 60.7 Å². The summed E-state index contributed by atoms with van der Waals surface area (Å²) >= 11 is 0. The van der Waals surface area contributed by atoms with Gasteiger partial charge in [0.25, 0.3) is 5.91 Å². The van der Waals surface area contributed by atoms with E-state index in [0.717, 1.165) is 11.1 Å². The molecule has 1 saturated heterocycles. The molecule has 27 heavy (non-hydrogen) atoms. The molecule has 0 unspecified atom stereocenters. The van der Waals surface area contributed by atoms with E-state index in [-0.39, 0.29) is 17.5 Å². The van der Waals surface area contributed by atoms with E-state index in [9.17, 15) is 9.59 Å². The number of carbonyl (C=O) groups excluding carboxylic acids is 2. The fraction of sp³-hybridized carbons (Fsp3) is 0.182. The minimum Gasteiger partial charge on any atom is -0.378 e. The Morgan fingerprint density at radius 2 is 1.48 bits per heavy atom. The van der Waals surface area contributed by atoms with Gasteiger partial charge in [-0.25, -0.2) is 0 Å². The lowest BCUT2D eigenvalue weighted by Gasteiger charge is -2.27. The molecule has 1 aliphatic rings. The van der Waals surface area contributed by atoms with E-state index < -0.39 is 0 Å². The molecule has 0 aliphatic carbocycles. The van der Waals surface area contributed by atoms with E-state index in [1.54, 1.807) is 17.1 Å². The normalized spacial score (nSPS) is 15.0. The van der Waals surface area contributed by atoms with E-state index >= 15 is 0 Å². The summed E-state index contributed by atoms with van der Waals surface area (Å²) in [5.41, 5.74) is 2.02. The van der Waals surface area contributed by atoms with E-state index in [1.807, 2.05) is 60.7 Å². The minimum atomic E-state index is -0.345. The SMILES string of the molecule is O=C(C=Cc1ccccc1)NC(=Cc1ccccc1)C(=O)N1CCOCC1. The molecule has 5 heteroatoms. The van der Waals surface area contributed by atoms with E-state index in [4.69, 9.17) is 4.74 Å². The van der Waals surface area contributed by atoms with Crippen molar-refractivity contribution in [3.63, 3.8) is 0 Å². The topological polar surface area (TPSA) is 58.6 Å². The van der Waals surface area contributed by atoms with Gasteiger partial charge in [0.2, 0.25) is 5.91 Å². The number of hydrogen-bond donors (Lipinski definition) is 1. The Balaban J connectivity index is 1.77. The Morgan fingerprint density at radius 1 is 0.889 bits per heavy atom. The number of rotatable bonds is 5. The predicted molar refractivity (Wildman–Crippen MR) is 105 cm³/mol. The van der Waals surface area contributed by atoms with Crippen LogP contribution in [0.15, 0.2) is 72.4 Å². The van der Waals surface area contributed by atoms with Crippen molar-refractivity contribution >= 4 is 24.0 Å². The van der Waals surface area contributed by atoms with Gasteiger partial charge in [-0.15, -0.1) is 0 Å². The summed E-state index contributed by atoms with van der Waals surface area (Å²) < 4.78 is 5.30. The van der Waals surface area contributed by atoms with Gasteiger partial charge in [-0.3, -0.25) is 9.59 Å². The molecule has 2 aromatic carbocycles. The van der Waals surface area contributed by atoms with Crippen molar-refractivity contribution in [2.75, 3.05) is 26.3 Å².